The van der Waals surface area contributed by atoms with Crippen LogP contribution in [0.5, 0.6) is 0 Å². The van der Waals surface area contributed by atoms with E-state index < -0.39 is 0 Å². The number of benzene rings is 1. The van der Waals surface area contributed by atoms with Gasteiger partial charge in [0.1, 0.15) is 17.6 Å². The number of para-hydroxylation sites is 1. The smallest absolute Gasteiger partial charge is 0.278 e. The molecule has 2 aromatic rings. The van der Waals surface area contributed by atoms with Crippen LogP contribution in [0.1, 0.15) is 16.1 Å². The van der Waals surface area contributed by atoms with Crippen molar-refractivity contribution < 1.29 is 4.79 Å². The van der Waals surface area contributed by atoms with Crippen LogP contribution < -0.4 is 10.2 Å². The Morgan fingerprint density at radius 2 is 2.10 bits per heavy atom. The van der Waals surface area contributed by atoms with Gasteiger partial charge in [-0.05, 0) is 12.1 Å². The molecule has 1 heterocycles. The number of hydrogen-bond acceptors (Lipinski definition) is 5. The van der Waals surface area contributed by atoms with E-state index >= 15 is 0 Å². The first-order chi connectivity index (χ1) is 9.67. The Hall–Kier alpha value is -2.94. The molecule has 0 aliphatic heterocycles. The third-order valence-corrected chi connectivity index (χ3v) is 2.80. The Morgan fingerprint density at radius 1 is 1.35 bits per heavy atom. The van der Waals surface area contributed by atoms with Crippen LogP contribution in [0.25, 0.3) is 0 Å². The normalized spacial score (nSPS) is 9.65. The monoisotopic (exact) mass is 267 g/mol. The molecule has 1 aromatic carbocycles. The van der Waals surface area contributed by atoms with E-state index in [1.54, 1.807) is 38.4 Å². The lowest BCUT2D eigenvalue weighted by Crippen LogP contribution is -2.28. The number of nitrogens with zero attached hydrogens (tertiary/aromatic N) is 4. The van der Waals surface area contributed by atoms with Crippen molar-refractivity contribution in [3.8, 4) is 6.07 Å². The predicted molar refractivity (Wildman–Crippen MR) is 75.5 cm³/mol. The van der Waals surface area contributed by atoms with Crippen molar-refractivity contribution in [3.05, 3.63) is 47.9 Å². The van der Waals surface area contributed by atoms with E-state index in [9.17, 15) is 4.79 Å². The molecule has 20 heavy (non-hydrogen) atoms. The van der Waals surface area contributed by atoms with Crippen LogP contribution in [-0.2, 0) is 0 Å². The molecule has 1 aromatic heterocycles. The number of anilines is 2. The first-order valence-corrected chi connectivity index (χ1v) is 5.94. The number of carbonyl (C=O) groups is 1. The first kappa shape index (κ1) is 13.5. The lowest BCUT2D eigenvalue weighted by atomic mass is 10.1. The number of nitrogens with one attached hydrogen (secondary N) is 1. The highest BCUT2D eigenvalue weighted by atomic mass is 16.2. The first-order valence-electron chi connectivity index (χ1n) is 5.94. The van der Waals surface area contributed by atoms with Crippen molar-refractivity contribution in [2.24, 2.45) is 0 Å². The van der Waals surface area contributed by atoms with Crippen molar-refractivity contribution in [2.75, 3.05) is 24.3 Å². The van der Waals surface area contributed by atoms with E-state index in [2.05, 4.69) is 21.4 Å². The van der Waals surface area contributed by atoms with Crippen LogP contribution in [0.3, 0.4) is 0 Å². The molecule has 100 valence electrons. The quantitative estimate of drug-likeness (QED) is 0.914. The fourth-order valence-corrected chi connectivity index (χ4v) is 1.73. The molecule has 1 N–H and O–H groups in total. The van der Waals surface area contributed by atoms with Crippen LogP contribution in [0.2, 0.25) is 0 Å². The van der Waals surface area contributed by atoms with Crippen molar-refractivity contribution >= 4 is 17.4 Å². The van der Waals surface area contributed by atoms with E-state index in [0.29, 0.717) is 17.1 Å². The summed E-state index contributed by atoms with van der Waals surface area (Å²) in [4.78, 5) is 21.9. The summed E-state index contributed by atoms with van der Waals surface area (Å²) in [6.45, 7) is 0. The lowest BCUT2D eigenvalue weighted by Gasteiger charge is -2.18. The fourth-order valence-electron chi connectivity index (χ4n) is 1.73. The van der Waals surface area contributed by atoms with Gasteiger partial charge in [0.05, 0.1) is 23.6 Å². The van der Waals surface area contributed by atoms with E-state index in [4.69, 9.17) is 5.26 Å². The zero-order valence-electron chi connectivity index (χ0n) is 11.2. The summed E-state index contributed by atoms with van der Waals surface area (Å²) in [7, 11) is 3.30. The van der Waals surface area contributed by atoms with Gasteiger partial charge >= 0.3 is 0 Å². The summed E-state index contributed by atoms with van der Waals surface area (Å²) in [5.74, 6) is 0.190. The summed E-state index contributed by atoms with van der Waals surface area (Å²) in [5.41, 5.74) is 1.19. The number of nitriles is 1. The molecule has 0 bridgehead atoms. The minimum atomic E-state index is -0.322. The van der Waals surface area contributed by atoms with E-state index in [1.165, 1.54) is 17.3 Å². The van der Waals surface area contributed by atoms with E-state index in [1.807, 2.05) is 0 Å². The highest BCUT2D eigenvalue weighted by molar-refractivity contribution is 6.05. The van der Waals surface area contributed by atoms with Gasteiger partial charge < -0.3 is 10.2 Å². The molecule has 6 heteroatoms. The van der Waals surface area contributed by atoms with Crippen LogP contribution in [0.4, 0.5) is 11.5 Å². The molecule has 0 aliphatic rings. The molecule has 0 radical (unpaired) electrons. The minimum absolute atomic E-state index is 0.215. The summed E-state index contributed by atoms with van der Waals surface area (Å²) >= 11 is 0. The summed E-state index contributed by atoms with van der Waals surface area (Å²) in [6, 6.07) is 8.96. The third kappa shape index (κ3) is 2.57. The van der Waals surface area contributed by atoms with Gasteiger partial charge in [-0.25, -0.2) is 4.98 Å². The standard InChI is InChI=1S/C14H13N5O/c1-16-13-9-17-8-11(18-13)14(20)19(2)12-6-4-3-5-10(12)7-15/h3-6,8-9H,1-2H3,(H,16,18). The second-order valence-corrected chi connectivity index (χ2v) is 4.03. The average molecular weight is 267 g/mol. The van der Waals surface area contributed by atoms with Crippen molar-refractivity contribution in [1.29, 1.82) is 5.26 Å². The Balaban J connectivity index is 2.35. The highest BCUT2D eigenvalue weighted by Gasteiger charge is 2.18. The van der Waals surface area contributed by atoms with Crippen LogP contribution in [0, 0.1) is 11.3 Å². The van der Waals surface area contributed by atoms with Gasteiger partial charge in [-0.1, -0.05) is 12.1 Å². The van der Waals surface area contributed by atoms with Gasteiger partial charge in [-0.3, -0.25) is 9.78 Å². The van der Waals surface area contributed by atoms with Crippen LogP contribution in [0.15, 0.2) is 36.7 Å². The summed E-state index contributed by atoms with van der Waals surface area (Å²) in [5, 5.41) is 11.9. The van der Waals surface area contributed by atoms with Crippen LogP contribution in [-0.4, -0.2) is 30.0 Å². The SMILES string of the molecule is CNc1cncc(C(=O)N(C)c2ccccc2C#N)n1. The van der Waals surface area contributed by atoms with Crippen molar-refractivity contribution in [3.63, 3.8) is 0 Å². The average Bonchev–Trinajstić information content (AvgIpc) is 2.53. The van der Waals surface area contributed by atoms with Gasteiger partial charge in [0.15, 0.2) is 0 Å². The molecular weight excluding hydrogens is 254 g/mol. The molecule has 0 unspecified atom stereocenters. The Bertz CT molecular complexity index is 677. The summed E-state index contributed by atoms with van der Waals surface area (Å²) < 4.78 is 0. The fraction of sp³-hybridized carbons (Fsp3) is 0.143. The molecule has 2 rings (SSSR count). The minimum Gasteiger partial charge on any atom is -0.372 e. The van der Waals surface area contributed by atoms with Gasteiger partial charge in [-0.15, -0.1) is 0 Å². The molecule has 0 saturated heterocycles. The molecular formula is C14H13N5O. The zero-order chi connectivity index (χ0) is 14.5. The summed E-state index contributed by atoms with van der Waals surface area (Å²) in [6.07, 6.45) is 2.93. The van der Waals surface area contributed by atoms with Gasteiger partial charge in [0, 0.05) is 14.1 Å². The van der Waals surface area contributed by atoms with Gasteiger partial charge in [0.2, 0.25) is 0 Å². The third-order valence-electron chi connectivity index (χ3n) is 2.80. The number of hydrogen-bond donors (Lipinski definition) is 1. The molecule has 6 nitrogen and oxygen atoms in total. The van der Waals surface area contributed by atoms with Crippen LogP contribution >= 0.6 is 0 Å². The predicted octanol–water partition coefficient (Wildman–Crippen LogP) is 1.67. The molecule has 0 saturated carbocycles. The molecule has 0 aliphatic carbocycles. The second-order valence-electron chi connectivity index (χ2n) is 4.03. The van der Waals surface area contributed by atoms with Gasteiger partial charge in [-0.2, -0.15) is 5.26 Å². The maximum Gasteiger partial charge on any atom is 0.278 e. The lowest BCUT2D eigenvalue weighted by molar-refractivity contribution is 0.0988. The van der Waals surface area contributed by atoms with Crippen molar-refractivity contribution in [2.45, 2.75) is 0 Å². The zero-order valence-corrected chi connectivity index (χ0v) is 11.2. The van der Waals surface area contributed by atoms with Crippen molar-refractivity contribution in [1.82, 2.24) is 9.97 Å². The number of rotatable bonds is 3. The second kappa shape index (κ2) is 5.80. The number of amides is 1. The van der Waals surface area contributed by atoms with E-state index in [-0.39, 0.29) is 11.6 Å². The Morgan fingerprint density at radius 3 is 2.80 bits per heavy atom. The number of carbonyl (C=O) groups excluding carboxylic acids is 1. The van der Waals surface area contributed by atoms with E-state index in [0.717, 1.165) is 0 Å². The Labute approximate surface area is 116 Å². The maximum atomic E-state index is 12.4. The topological polar surface area (TPSA) is 81.9 Å². The molecule has 0 atom stereocenters. The number of aromatic nitrogens is 2. The molecule has 1 amide bonds. The maximum absolute atomic E-state index is 12.4. The van der Waals surface area contributed by atoms with Gasteiger partial charge in [0.25, 0.3) is 5.91 Å². The largest absolute Gasteiger partial charge is 0.372 e. The Kier molecular flexibility index (Phi) is 3.91. The molecule has 0 spiro atoms. The highest BCUT2D eigenvalue weighted by Crippen LogP contribution is 2.19. The molecule has 0 fully saturated rings.